The van der Waals surface area contributed by atoms with E-state index in [0.29, 0.717) is 16.7 Å². The summed E-state index contributed by atoms with van der Waals surface area (Å²) in [6, 6.07) is 36.8. The highest BCUT2D eigenvalue weighted by atomic mass is 32.1. The highest BCUT2D eigenvalue weighted by molar-refractivity contribution is 7.26. The summed E-state index contributed by atoms with van der Waals surface area (Å²) in [7, 11) is 0. The third-order valence-electron chi connectivity index (χ3n) is 7.33. The summed E-state index contributed by atoms with van der Waals surface area (Å²) in [4.78, 5) is 0. The first-order valence-corrected chi connectivity index (χ1v) is 13.2. The van der Waals surface area contributed by atoms with E-state index in [1.807, 2.05) is 36.4 Å². The van der Waals surface area contributed by atoms with Crippen LogP contribution in [0, 0.1) is 0 Å². The van der Waals surface area contributed by atoms with Crippen molar-refractivity contribution in [3.8, 4) is 22.3 Å². The zero-order valence-electron chi connectivity index (χ0n) is 23.8. The van der Waals surface area contributed by atoms with Gasteiger partial charge in [0.1, 0.15) is 0 Å². The lowest BCUT2D eigenvalue weighted by atomic mass is 9.91. The van der Waals surface area contributed by atoms with Crippen LogP contribution in [-0.4, -0.2) is 0 Å². The molecule has 0 amide bonds. The van der Waals surface area contributed by atoms with Gasteiger partial charge in [-0.3, -0.25) is 0 Å². The van der Waals surface area contributed by atoms with E-state index in [1.165, 1.54) is 5.39 Å². The van der Waals surface area contributed by atoms with E-state index in [9.17, 15) is 1.37 Å². The Bertz CT molecular complexity index is 2330. The summed E-state index contributed by atoms with van der Waals surface area (Å²) in [5.74, 6) is 0. The number of thiophene rings is 1. The Kier molecular flexibility index (Phi) is 3.70. The van der Waals surface area contributed by atoms with Gasteiger partial charge in [-0.15, -0.1) is 11.3 Å². The maximum absolute atomic E-state index is 9.39. The summed E-state index contributed by atoms with van der Waals surface area (Å²) in [5.41, 5.74) is 2.27. The molecule has 1 heteroatoms. The highest BCUT2D eigenvalue weighted by Crippen LogP contribution is 2.41. The molecule has 0 nitrogen and oxygen atoms in total. The van der Waals surface area contributed by atoms with Gasteiger partial charge in [-0.2, -0.15) is 0 Å². The lowest BCUT2D eigenvalue weighted by molar-refractivity contribution is 1.63. The fraction of sp³-hybridized carbons (Fsp3) is 0. The SMILES string of the molecule is [2H]c1c([2H])c(-c2ccc3c4ccccc4c4ccccc4c3c2)c([2H])c(-c2cccc3c2sc2ccccc23)c1[2H]. The van der Waals surface area contributed by atoms with E-state index in [0.717, 1.165) is 52.7 Å². The molecule has 37 heavy (non-hydrogen) atoms. The summed E-state index contributed by atoms with van der Waals surface area (Å²) < 4.78 is 38.1. The van der Waals surface area contributed by atoms with Crippen molar-refractivity contribution in [2.75, 3.05) is 0 Å². The van der Waals surface area contributed by atoms with Crippen molar-refractivity contribution in [3.63, 3.8) is 0 Å². The van der Waals surface area contributed by atoms with E-state index in [4.69, 9.17) is 4.11 Å². The van der Waals surface area contributed by atoms with Gasteiger partial charge in [0.25, 0.3) is 0 Å². The minimum Gasteiger partial charge on any atom is -0.135 e. The molecule has 8 rings (SSSR count). The third-order valence-corrected chi connectivity index (χ3v) is 8.55. The van der Waals surface area contributed by atoms with Gasteiger partial charge in [0.15, 0.2) is 0 Å². The maximum atomic E-state index is 9.39. The minimum absolute atomic E-state index is 0.0778. The zero-order valence-corrected chi connectivity index (χ0v) is 20.6. The van der Waals surface area contributed by atoms with Crippen LogP contribution in [0.3, 0.4) is 0 Å². The van der Waals surface area contributed by atoms with Crippen LogP contribution in [0.25, 0.3) is 74.7 Å². The molecule has 1 heterocycles. The molecule has 172 valence electrons. The lowest BCUT2D eigenvalue weighted by Crippen LogP contribution is -1.86. The molecule has 0 saturated carbocycles. The number of hydrogen-bond acceptors (Lipinski definition) is 1. The van der Waals surface area contributed by atoms with Crippen molar-refractivity contribution in [1.29, 1.82) is 0 Å². The molecule has 0 unspecified atom stereocenters. The Labute approximate surface area is 224 Å². The molecular formula is C36H22S. The van der Waals surface area contributed by atoms with Crippen LogP contribution in [0.4, 0.5) is 0 Å². The van der Waals surface area contributed by atoms with Gasteiger partial charge in [0.05, 0.1) is 5.48 Å². The Morgan fingerprint density at radius 2 is 1.05 bits per heavy atom. The second kappa shape index (κ2) is 8.03. The molecular weight excluding hydrogens is 464 g/mol. The van der Waals surface area contributed by atoms with Crippen molar-refractivity contribution in [3.05, 3.63) is 133 Å². The van der Waals surface area contributed by atoms with Crippen molar-refractivity contribution < 1.29 is 5.48 Å². The standard InChI is InChI=1S/C36H22S/c1-2-13-29-27(11-1)28-12-3-4-14-30(28)34-22-24(19-20-31(29)34)23-9-7-10-25(21-23)26-16-8-17-33-32-15-5-6-18-35(32)37-36(26)33/h1-22H/i7D,9D,10D,21D. The van der Waals surface area contributed by atoms with Crippen LogP contribution in [0.15, 0.2) is 133 Å². The van der Waals surface area contributed by atoms with Crippen molar-refractivity contribution >= 4 is 63.8 Å². The van der Waals surface area contributed by atoms with Gasteiger partial charge in [-0.05, 0) is 72.7 Å². The monoisotopic (exact) mass is 490 g/mol. The van der Waals surface area contributed by atoms with Gasteiger partial charge in [-0.25, -0.2) is 0 Å². The van der Waals surface area contributed by atoms with E-state index >= 15 is 0 Å². The second-order valence-corrected chi connectivity index (χ2v) is 10.4. The average molecular weight is 491 g/mol. The zero-order chi connectivity index (χ0) is 27.8. The van der Waals surface area contributed by atoms with E-state index in [-0.39, 0.29) is 24.2 Å². The van der Waals surface area contributed by atoms with Gasteiger partial charge < -0.3 is 0 Å². The molecule has 0 spiro atoms. The predicted octanol–water partition coefficient (Wildman–Crippen LogP) is 10.8. The van der Waals surface area contributed by atoms with Gasteiger partial charge in [0, 0.05) is 20.2 Å². The van der Waals surface area contributed by atoms with E-state index < -0.39 is 0 Å². The lowest BCUT2D eigenvalue weighted by Gasteiger charge is -2.12. The average Bonchev–Trinajstić information content (AvgIpc) is 3.40. The molecule has 0 N–H and O–H groups in total. The normalized spacial score (nSPS) is 13.3. The molecule has 0 aliphatic heterocycles. The number of benzene rings is 7. The van der Waals surface area contributed by atoms with Gasteiger partial charge in [0.2, 0.25) is 0 Å². The first-order valence-electron chi connectivity index (χ1n) is 14.4. The first-order chi connectivity index (χ1) is 20.0. The van der Waals surface area contributed by atoms with Crippen LogP contribution in [-0.2, 0) is 0 Å². The maximum Gasteiger partial charge on any atom is 0.0636 e. The fourth-order valence-corrected chi connectivity index (χ4v) is 6.85. The minimum atomic E-state index is -0.160. The second-order valence-electron chi connectivity index (χ2n) is 9.38. The molecule has 0 radical (unpaired) electrons. The molecule has 1 aromatic heterocycles. The predicted molar refractivity (Wildman–Crippen MR) is 163 cm³/mol. The molecule has 0 aliphatic rings. The van der Waals surface area contributed by atoms with E-state index in [1.54, 1.807) is 11.3 Å². The van der Waals surface area contributed by atoms with Crippen LogP contribution in [0.5, 0.6) is 0 Å². The molecule has 0 atom stereocenters. The molecule has 0 aliphatic carbocycles. The first kappa shape index (κ1) is 17.1. The number of rotatable bonds is 2. The Morgan fingerprint density at radius 3 is 1.81 bits per heavy atom. The molecule has 0 fully saturated rings. The van der Waals surface area contributed by atoms with Crippen molar-refractivity contribution in [2.24, 2.45) is 0 Å². The summed E-state index contributed by atoms with van der Waals surface area (Å²) in [6.07, 6.45) is 0. The number of hydrogen-bond donors (Lipinski definition) is 0. The van der Waals surface area contributed by atoms with Gasteiger partial charge >= 0.3 is 0 Å². The smallest absolute Gasteiger partial charge is 0.0636 e. The summed E-state index contributed by atoms with van der Waals surface area (Å²) in [6.45, 7) is 0. The van der Waals surface area contributed by atoms with Crippen LogP contribution in [0.1, 0.15) is 5.48 Å². The van der Waals surface area contributed by atoms with Gasteiger partial charge in [-0.1, -0.05) is 115 Å². The van der Waals surface area contributed by atoms with Crippen LogP contribution < -0.4 is 0 Å². The fourth-order valence-electron chi connectivity index (χ4n) is 5.63. The third kappa shape index (κ3) is 3.15. The quantitative estimate of drug-likeness (QED) is 0.211. The Morgan fingerprint density at radius 1 is 0.459 bits per heavy atom. The topological polar surface area (TPSA) is 0 Å². The number of fused-ring (bicyclic) bond motifs is 9. The largest absolute Gasteiger partial charge is 0.135 e. The molecule has 7 aromatic carbocycles. The molecule has 0 bridgehead atoms. The Balaban J connectivity index is 1.44. The van der Waals surface area contributed by atoms with Crippen molar-refractivity contribution in [2.45, 2.75) is 0 Å². The Hall–Kier alpha value is -4.46. The van der Waals surface area contributed by atoms with E-state index in [2.05, 4.69) is 72.8 Å². The molecule has 0 saturated heterocycles. The highest BCUT2D eigenvalue weighted by Gasteiger charge is 2.12. The van der Waals surface area contributed by atoms with Crippen LogP contribution >= 0.6 is 11.3 Å². The molecule has 8 aromatic rings. The van der Waals surface area contributed by atoms with Crippen LogP contribution in [0.2, 0.25) is 0 Å². The summed E-state index contributed by atoms with van der Waals surface area (Å²) >= 11 is 1.64. The van der Waals surface area contributed by atoms with Crippen molar-refractivity contribution in [1.82, 2.24) is 0 Å². The summed E-state index contributed by atoms with van der Waals surface area (Å²) in [5, 5.41) is 8.99.